The largest absolute Gasteiger partial charge is 0.368 e. The molecule has 1 aromatic carbocycles. The average molecular weight is 302 g/mol. The molecule has 0 aliphatic carbocycles. The van der Waals surface area contributed by atoms with Crippen molar-refractivity contribution in [2.24, 2.45) is 0 Å². The van der Waals surface area contributed by atoms with Crippen LogP contribution in [-0.2, 0) is 14.3 Å². The number of hydrogen-bond acceptors (Lipinski definition) is 3. The molecule has 22 heavy (non-hydrogen) atoms. The maximum absolute atomic E-state index is 11.7. The number of carbonyl (C=O) groups excluding carboxylic acids is 2. The van der Waals surface area contributed by atoms with Gasteiger partial charge in [0.05, 0.1) is 0 Å². The van der Waals surface area contributed by atoms with Gasteiger partial charge in [0, 0.05) is 12.7 Å². The third kappa shape index (κ3) is 4.18. The first-order valence-corrected chi connectivity index (χ1v) is 7.44. The van der Waals surface area contributed by atoms with Crippen LogP contribution in [0.3, 0.4) is 0 Å². The van der Waals surface area contributed by atoms with Crippen LogP contribution < -0.4 is 10.9 Å². The molecule has 1 aromatic rings. The molecule has 0 bridgehead atoms. The monoisotopic (exact) mass is 302 g/mol. The molecule has 1 fully saturated rings. The Morgan fingerprint density at radius 2 is 1.86 bits per heavy atom. The molecule has 5 nitrogen and oxygen atoms in total. The van der Waals surface area contributed by atoms with Gasteiger partial charge in [-0.25, -0.2) is 0 Å². The Morgan fingerprint density at radius 1 is 1.14 bits per heavy atom. The van der Waals surface area contributed by atoms with Gasteiger partial charge in [0.2, 0.25) is 0 Å². The van der Waals surface area contributed by atoms with Gasteiger partial charge in [-0.05, 0) is 61.9 Å². The summed E-state index contributed by atoms with van der Waals surface area (Å²) in [5, 5.41) is 0. The van der Waals surface area contributed by atoms with Crippen molar-refractivity contribution < 1.29 is 14.3 Å². The van der Waals surface area contributed by atoms with Crippen LogP contribution in [0, 0.1) is 20.8 Å². The second-order valence-electron chi connectivity index (χ2n) is 5.61. The molecule has 1 heterocycles. The fraction of sp³-hybridized carbons (Fsp3) is 0.412. The van der Waals surface area contributed by atoms with E-state index < -0.39 is 6.10 Å². The summed E-state index contributed by atoms with van der Waals surface area (Å²) < 4.78 is 5.24. The number of rotatable bonds is 3. The van der Waals surface area contributed by atoms with E-state index in [1.807, 2.05) is 19.9 Å². The lowest BCUT2D eigenvalue weighted by Crippen LogP contribution is -2.45. The lowest BCUT2D eigenvalue weighted by molar-refractivity contribution is -0.133. The number of ether oxygens (including phenoxy) is 1. The Labute approximate surface area is 130 Å². The molecule has 0 aromatic heterocycles. The van der Waals surface area contributed by atoms with E-state index in [1.54, 1.807) is 6.08 Å². The van der Waals surface area contributed by atoms with Crippen molar-refractivity contribution in [3.8, 4) is 0 Å². The van der Waals surface area contributed by atoms with E-state index in [0.29, 0.717) is 13.0 Å². The van der Waals surface area contributed by atoms with Crippen molar-refractivity contribution >= 4 is 17.9 Å². The Bertz CT molecular complexity index is 602. The zero-order chi connectivity index (χ0) is 16.1. The average Bonchev–Trinajstić information content (AvgIpc) is 3.01. The molecule has 0 saturated carbocycles. The van der Waals surface area contributed by atoms with E-state index in [0.717, 1.165) is 17.5 Å². The Kier molecular flexibility index (Phi) is 5.33. The number of aryl methyl sites for hydroxylation is 3. The maximum atomic E-state index is 11.7. The first-order chi connectivity index (χ1) is 10.5. The molecule has 118 valence electrons. The molecule has 1 atom stereocenters. The van der Waals surface area contributed by atoms with E-state index in [-0.39, 0.29) is 11.8 Å². The summed E-state index contributed by atoms with van der Waals surface area (Å²) >= 11 is 0. The van der Waals surface area contributed by atoms with Crippen molar-refractivity contribution in [3.63, 3.8) is 0 Å². The van der Waals surface area contributed by atoms with Gasteiger partial charge in [0.15, 0.2) is 0 Å². The molecule has 5 heteroatoms. The zero-order valence-corrected chi connectivity index (χ0v) is 13.2. The summed E-state index contributed by atoms with van der Waals surface area (Å²) in [6.45, 7) is 6.69. The summed E-state index contributed by atoms with van der Waals surface area (Å²) in [4.78, 5) is 23.4. The van der Waals surface area contributed by atoms with E-state index in [9.17, 15) is 9.59 Å². The minimum atomic E-state index is -0.453. The summed E-state index contributed by atoms with van der Waals surface area (Å²) in [6, 6.07) is 4.13. The lowest BCUT2D eigenvalue weighted by atomic mass is 10.0. The Morgan fingerprint density at radius 3 is 2.55 bits per heavy atom. The minimum Gasteiger partial charge on any atom is -0.368 e. The van der Waals surface area contributed by atoms with Crippen LogP contribution >= 0.6 is 0 Å². The Hall–Kier alpha value is -2.14. The third-order valence-corrected chi connectivity index (χ3v) is 3.83. The topological polar surface area (TPSA) is 67.4 Å². The lowest BCUT2D eigenvalue weighted by Gasteiger charge is -2.10. The Balaban J connectivity index is 1.88. The van der Waals surface area contributed by atoms with E-state index in [1.165, 1.54) is 17.2 Å². The van der Waals surface area contributed by atoms with Crippen LogP contribution in [0.1, 0.15) is 35.1 Å². The molecule has 2 amide bonds. The number of nitrogens with one attached hydrogen (secondary N) is 2. The molecule has 2 rings (SSSR count). The fourth-order valence-electron chi connectivity index (χ4n) is 2.36. The predicted octanol–water partition coefficient (Wildman–Crippen LogP) is 1.95. The minimum absolute atomic E-state index is 0.304. The van der Waals surface area contributed by atoms with Crippen LogP contribution in [-0.4, -0.2) is 24.5 Å². The van der Waals surface area contributed by atoms with Gasteiger partial charge in [-0.2, -0.15) is 0 Å². The van der Waals surface area contributed by atoms with Gasteiger partial charge in [0.1, 0.15) is 6.10 Å². The smallest absolute Gasteiger partial charge is 0.267 e. The van der Waals surface area contributed by atoms with E-state index in [4.69, 9.17) is 4.74 Å². The van der Waals surface area contributed by atoms with Crippen LogP contribution in [0.4, 0.5) is 0 Å². The number of amides is 2. The number of benzene rings is 1. The molecule has 1 aliphatic heterocycles. The quantitative estimate of drug-likeness (QED) is 0.662. The van der Waals surface area contributed by atoms with Crippen molar-refractivity contribution in [1.29, 1.82) is 0 Å². The van der Waals surface area contributed by atoms with Gasteiger partial charge in [0.25, 0.3) is 11.8 Å². The molecule has 0 spiro atoms. The van der Waals surface area contributed by atoms with Crippen molar-refractivity contribution in [2.45, 2.75) is 39.7 Å². The number of carbonyl (C=O) groups is 2. The van der Waals surface area contributed by atoms with E-state index in [2.05, 4.69) is 23.8 Å². The van der Waals surface area contributed by atoms with Crippen LogP contribution in [0.15, 0.2) is 18.2 Å². The van der Waals surface area contributed by atoms with Gasteiger partial charge in [-0.15, -0.1) is 0 Å². The molecule has 1 aliphatic rings. The zero-order valence-electron chi connectivity index (χ0n) is 13.2. The highest BCUT2D eigenvalue weighted by molar-refractivity contribution is 5.93. The maximum Gasteiger partial charge on any atom is 0.267 e. The first kappa shape index (κ1) is 16.2. The van der Waals surface area contributed by atoms with Gasteiger partial charge in [-0.1, -0.05) is 12.1 Å². The van der Waals surface area contributed by atoms with Crippen molar-refractivity contribution in [2.75, 3.05) is 6.61 Å². The van der Waals surface area contributed by atoms with Crippen LogP contribution in [0.5, 0.6) is 0 Å². The predicted molar refractivity (Wildman–Crippen MR) is 84.9 cm³/mol. The third-order valence-electron chi connectivity index (χ3n) is 3.83. The molecular weight excluding hydrogens is 280 g/mol. The normalized spacial score (nSPS) is 17.7. The second kappa shape index (κ2) is 7.22. The highest BCUT2D eigenvalue weighted by Gasteiger charge is 2.23. The standard InChI is InChI=1S/C17H22N2O3/c1-11-9-13(3)14(10-12(11)2)6-7-16(20)18-19-17(21)15-5-4-8-22-15/h6-7,9-10,15H,4-5,8H2,1-3H3,(H,18,20)(H,19,21)/b7-6+. The summed E-state index contributed by atoms with van der Waals surface area (Å²) in [7, 11) is 0. The fourth-order valence-corrected chi connectivity index (χ4v) is 2.36. The number of hydrogen-bond donors (Lipinski definition) is 2. The molecule has 2 N–H and O–H groups in total. The summed E-state index contributed by atoms with van der Waals surface area (Å²) in [5.74, 6) is -0.675. The summed E-state index contributed by atoms with van der Waals surface area (Å²) in [6.07, 6.45) is 4.27. The van der Waals surface area contributed by atoms with Crippen LogP contribution in [0.2, 0.25) is 0 Å². The van der Waals surface area contributed by atoms with E-state index >= 15 is 0 Å². The highest BCUT2D eigenvalue weighted by atomic mass is 16.5. The van der Waals surface area contributed by atoms with Crippen LogP contribution in [0.25, 0.3) is 6.08 Å². The molecular formula is C17H22N2O3. The first-order valence-electron chi connectivity index (χ1n) is 7.44. The molecule has 1 unspecified atom stereocenters. The molecule has 0 radical (unpaired) electrons. The van der Waals surface area contributed by atoms with Gasteiger partial charge in [-0.3, -0.25) is 20.4 Å². The van der Waals surface area contributed by atoms with Gasteiger partial charge >= 0.3 is 0 Å². The summed E-state index contributed by atoms with van der Waals surface area (Å²) in [5.41, 5.74) is 9.25. The van der Waals surface area contributed by atoms with Crippen molar-refractivity contribution in [1.82, 2.24) is 10.9 Å². The van der Waals surface area contributed by atoms with Gasteiger partial charge < -0.3 is 4.74 Å². The molecule has 1 saturated heterocycles. The second-order valence-corrected chi connectivity index (χ2v) is 5.61. The SMILES string of the molecule is Cc1cc(C)c(/C=C/C(=O)NNC(=O)C2CCCO2)cc1C. The highest BCUT2D eigenvalue weighted by Crippen LogP contribution is 2.16. The van der Waals surface area contributed by atoms with Crippen molar-refractivity contribution in [3.05, 3.63) is 40.5 Å². The number of hydrazine groups is 1.